The lowest BCUT2D eigenvalue weighted by atomic mass is 10.0. The number of hydrogen-bond donors (Lipinski definition) is 1. The lowest BCUT2D eigenvalue weighted by Crippen LogP contribution is -2.38. The minimum atomic E-state index is 0.511. The van der Waals surface area contributed by atoms with Crippen LogP contribution in [0.15, 0.2) is 24.8 Å². The molecular weight excluding hydrogens is 288 g/mol. The van der Waals surface area contributed by atoms with Crippen LogP contribution in [0.3, 0.4) is 0 Å². The van der Waals surface area contributed by atoms with Gasteiger partial charge in [0.05, 0.1) is 5.69 Å². The maximum Gasteiger partial charge on any atom is 0.129 e. The summed E-state index contributed by atoms with van der Waals surface area (Å²) in [7, 11) is 0. The summed E-state index contributed by atoms with van der Waals surface area (Å²) >= 11 is 0. The molecule has 1 N–H and O–H groups in total. The highest BCUT2D eigenvalue weighted by molar-refractivity contribution is 5.33. The smallest absolute Gasteiger partial charge is 0.129 e. The monoisotopic (exact) mass is 312 g/mol. The van der Waals surface area contributed by atoms with Gasteiger partial charge in [-0.3, -0.25) is 4.90 Å². The molecule has 0 saturated carbocycles. The van der Waals surface area contributed by atoms with Gasteiger partial charge in [0.25, 0.3) is 0 Å². The van der Waals surface area contributed by atoms with Crippen LogP contribution in [0.1, 0.15) is 37.2 Å². The third-order valence-electron chi connectivity index (χ3n) is 4.87. The second-order valence-electron chi connectivity index (χ2n) is 6.59. The van der Waals surface area contributed by atoms with E-state index in [9.17, 15) is 0 Å². The van der Waals surface area contributed by atoms with Gasteiger partial charge in [-0.25, -0.2) is 15.0 Å². The van der Waals surface area contributed by atoms with Gasteiger partial charge in [-0.05, 0) is 31.7 Å². The van der Waals surface area contributed by atoms with Crippen LogP contribution in [0.5, 0.6) is 0 Å². The van der Waals surface area contributed by atoms with Crippen LogP contribution in [-0.2, 0) is 19.5 Å². The highest BCUT2D eigenvalue weighted by Crippen LogP contribution is 2.19. The Kier molecular flexibility index (Phi) is 4.24. The molecule has 2 aromatic heterocycles. The summed E-state index contributed by atoms with van der Waals surface area (Å²) in [5, 5.41) is 3.51. The zero-order chi connectivity index (χ0) is 15.5. The molecule has 1 fully saturated rings. The number of aromatic nitrogens is 4. The zero-order valence-corrected chi connectivity index (χ0v) is 13.5. The summed E-state index contributed by atoms with van der Waals surface area (Å²) in [5.41, 5.74) is 1.24. The van der Waals surface area contributed by atoms with E-state index in [2.05, 4.69) is 30.9 Å². The number of aryl methyl sites for hydroxylation is 2. The normalized spacial score (nSPS) is 19.5. The Bertz CT molecular complexity index is 606. The first-order chi connectivity index (χ1) is 11.4. The molecule has 122 valence electrons. The van der Waals surface area contributed by atoms with E-state index in [1.54, 1.807) is 12.5 Å². The van der Waals surface area contributed by atoms with Gasteiger partial charge in [-0.1, -0.05) is 0 Å². The first-order valence-corrected chi connectivity index (χ1v) is 8.67. The Hall–Kier alpha value is -1.95. The highest BCUT2D eigenvalue weighted by atomic mass is 15.2. The molecule has 0 radical (unpaired) electrons. The lowest BCUT2D eigenvalue weighted by Gasteiger charge is -2.32. The van der Waals surface area contributed by atoms with E-state index in [1.165, 1.54) is 24.4 Å². The van der Waals surface area contributed by atoms with Crippen molar-refractivity contribution in [3.05, 3.63) is 36.3 Å². The van der Waals surface area contributed by atoms with Crippen molar-refractivity contribution in [1.82, 2.24) is 24.4 Å². The second-order valence-corrected chi connectivity index (χ2v) is 6.59. The first kappa shape index (κ1) is 14.6. The number of nitrogens with one attached hydrogen (secondary N) is 1. The average molecular weight is 312 g/mol. The van der Waals surface area contributed by atoms with Gasteiger partial charge in [0.2, 0.25) is 0 Å². The lowest BCUT2D eigenvalue weighted by molar-refractivity contribution is 0.209. The fourth-order valence-corrected chi connectivity index (χ4v) is 3.60. The van der Waals surface area contributed by atoms with E-state index >= 15 is 0 Å². The van der Waals surface area contributed by atoms with Crippen LogP contribution in [-0.4, -0.2) is 43.6 Å². The van der Waals surface area contributed by atoms with Gasteiger partial charge >= 0.3 is 0 Å². The molecule has 0 amide bonds. The summed E-state index contributed by atoms with van der Waals surface area (Å²) in [6.07, 6.45) is 11.7. The predicted molar refractivity (Wildman–Crippen MR) is 89.1 cm³/mol. The van der Waals surface area contributed by atoms with Gasteiger partial charge in [0.1, 0.15) is 18.0 Å². The summed E-state index contributed by atoms with van der Waals surface area (Å²) in [6.45, 7) is 4.36. The van der Waals surface area contributed by atoms with Crippen LogP contribution >= 0.6 is 0 Å². The largest absolute Gasteiger partial charge is 0.367 e. The molecule has 23 heavy (non-hydrogen) atoms. The number of piperidine rings is 1. The first-order valence-electron chi connectivity index (χ1n) is 8.67. The van der Waals surface area contributed by atoms with E-state index < -0.39 is 0 Å². The molecule has 2 aliphatic rings. The molecule has 2 aliphatic heterocycles. The van der Waals surface area contributed by atoms with Crippen LogP contribution in [0.2, 0.25) is 0 Å². The van der Waals surface area contributed by atoms with Crippen molar-refractivity contribution >= 4 is 5.82 Å². The third kappa shape index (κ3) is 3.52. The van der Waals surface area contributed by atoms with E-state index in [-0.39, 0.29) is 0 Å². The molecule has 4 heterocycles. The number of hydrogen-bond acceptors (Lipinski definition) is 5. The highest BCUT2D eigenvalue weighted by Gasteiger charge is 2.21. The Labute approximate surface area is 137 Å². The summed E-state index contributed by atoms with van der Waals surface area (Å²) in [6, 6.07) is 2.44. The molecule has 2 aromatic rings. The molecule has 6 heteroatoms. The maximum absolute atomic E-state index is 4.82. The van der Waals surface area contributed by atoms with Crippen molar-refractivity contribution in [2.75, 3.05) is 18.4 Å². The van der Waals surface area contributed by atoms with Gasteiger partial charge in [-0.15, -0.1) is 0 Å². The number of rotatable bonds is 4. The molecule has 0 aromatic carbocycles. The number of fused-ring (bicyclic) bond motifs is 1. The standard InChI is InChI=1S/C17H24N6/c1-2-8-23-12-15(21-17(23)3-1)11-22-9-5-14(6-10-22)20-16-4-7-18-13-19-16/h4,7,12-14H,1-3,5-6,8-11H2,(H,18,19,20). The molecule has 6 nitrogen and oxygen atoms in total. The van der Waals surface area contributed by atoms with Gasteiger partial charge in [0, 0.05) is 51.0 Å². The number of imidazole rings is 1. The molecule has 0 spiro atoms. The maximum atomic E-state index is 4.82. The predicted octanol–water partition coefficient (Wildman–Crippen LogP) is 2.09. The molecule has 0 bridgehead atoms. The number of likely N-dealkylation sites (tertiary alicyclic amines) is 1. The van der Waals surface area contributed by atoms with E-state index in [4.69, 9.17) is 4.98 Å². The molecular formula is C17H24N6. The summed E-state index contributed by atoms with van der Waals surface area (Å²) in [5.74, 6) is 2.21. The van der Waals surface area contributed by atoms with Crippen LogP contribution < -0.4 is 5.32 Å². The summed E-state index contributed by atoms with van der Waals surface area (Å²) in [4.78, 5) is 15.5. The van der Waals surface area contributed by atoms with Crippen molar-refractivity contribution in [3.63, 3.8) is 0 Å². The fourth-order valence-electron chi connectivity index (χ4n) is 3.60. The van der Waals surface area contributed by atoms with Gasteiger partial charge in [0.15, 0.2) is 0 Å². The minimum Gasteiger partial charge on any atom is -0.367 e. The third-order valence-corrected chi connectivity index (χ3v) is 4.87. The molecule has 0 atom stereocenters. The second kappa shape index (κ2) is 6.66. The Morgan fingerprint density at radius 1 is 1.17 bits per heavy atom. The van der Waals surface area contributed by atoms with Crippen molar-refractivity contribution in [3.8, 4) is 0 Å². The molecule has 0 unspecified atom stereocenters. The Balaban J connectivity index is 1.29. The Morgan fingerprint density at radius 2 is 2.09 bits per heavy atom. The topological polar surface area (TPSA) is 58.9 Å². The molecule has 1 saturated heterocycles. The van der Waals surface area contributed by atoms with Crippen molar-refractivity contribution in [1.29, 1.82) is 0 Å². The van der Waals surface area contributed by atoms with E-state index in [1.807, 2.05) is 6.07 Å². The quantitative estimate of drug-likeness (QED) is 0.937. The number of anilines is 1. The van der Waals surface area contributed by atoms with Crippen LogP contribution in [0.4, 0.5) is 5.82 Å². The van der Waals surface area contributed by atoms with Gasteiger partial charge < -0.3 is 9.88 Å². The average Bonchev–Trinajstić information content (AvgIpc) is 3.00. The van der Waals surface area contributed by atoms with Crippen LogP contribution in [0.25, 0.3) is 0 Å². The number of nitrogens with zero attached hydrogens (tertiary/aromatic N) is 5. The molecule has 4 rings (SSSR count). The van der Waals surface area contributed by atoms with Crippen LogP contribution in [0, 0.1) is 0 Å². The van der Waals surface area contributed by atoms with Gasteiger partial charge in [-0.2, -0.15) is 0 Å². The summed E-state index contributed by atoms with van der Waals surface area (Å²) < 4.78 is 2.35. The van der Waals surface area contributed by atoms with Crippen molar-refractivity contribution < 1.29 is 0 Å². The Morgan fingerprint density at radius 3 is 2.87 bits per heavy atom. The SMILES string of the molecule is c1cc(NC2CCN(Cc3cn4c(n3)CCCC4)CC2)ncn1. The fraction of sp³-hybridized carbons (Fsp3) is 0.588. The zero-order valence-electron chi connectivity index (χ0n) is 13.5. The van der Waals surface area contributed by atoms with E-state index in [0.29, 0.717) is 6.04 Å². The van der Waals surface area contributed by atoms with E-state index in [0.717, 1.165) is 51.3 Å². The molecule has 0 aliphatic carbocycles. The van der Waals surface area contributed by atoms with Crippen molar-refractivity contribution in [2.45, 2.75) is 51.2 Å². The minimum absolute atomic E-state index is 0.511. The van der Waals surface area contributed by atoms with Crippen molar-refractivity contribution in [2.24, 2.45) is 0 Å².